The molecule has 1 atom stereocenters. The minimum absolute atomic E-state index is 0.103. The maximum Gasteiger partial charge on any atom is 0.306 e. The summed E-state index contributed by atoms with van der Waals surface area (Å²) in [7, 11) is 0. The lowest BCUT2D eigenvalue weighted by Crippen LogP contribution is -2.46. The predicted octanol–water partition coefficient (Wildman–Crippen LogP) is 0.891. The number of aromatic nitrogens is 3. The Kier molecular flexibility index (Phi) is 4.57. The van der Waals surface area contributed by atoms with E-state index in [4.69, 9.17) is 9.84 Å². The Labute approximate surface area is 138 Å². The van der Waals surface area contributed by atoms with Crippen molar-refractivity contribution in [2.75, 3.05) is 19.7 Å². The largest absolute Gasteiger partial charge is 0.481 e. The van der Waals surface area contributed by atoms with Gasteiger partial charge in [0.05, 0.1) is 24.8 Å². The molecule has 1 unspecified atom stereocenters. The van der Waals surface area contributed by atoms with Gasteiger partial charge >= 0.3 is 5.97 Å². The van der Waals surface area contributed by atoms with Gasteiger partial charge in [0.2, 0.25) is 0 Å². The van der Waals surface area contributed by atoms with Gasteiger partial charge < -0.3 is 14.7 Å². The molecule has 0 bridgehead atoms. The SMILES string of the molecule is Cc1cc(C(=O)N2CCOC(CC(=O)O)C2)ccc1-n1cncn1. The van der Waals surface area contributed by atoms with Crippen molar-refractivity contribution in [2.24, 2.45) is 0 Å². The molecule has 1 aliphatic heterocycles. The summed E-state index contributed by atoms with van der Waals surface area (Å²) in [5.74, 6) is -1.05. The molecule has 126 valence electrons. The normalized spacial score (nSPS) is 17.7. The van der Waals surface area contributed by atoms with Crippen LogP contribution in [-0.2, 0) is 9.53 Å². The van der Waals surface area contributed by atoms with Crippen molar-refractivity contribution < 1.29 is 19.4 Å². The quantitative estimate of drug-likeness (QED) is 0.894. The lowest BCUT2D eigenvalue weighted by molar-refractivity contribution is -0.141. The highest BCUT2D eigenvalue weighted by atomic mass is 16.5. The molecule has 1 aromatic carbocycles. The molecular formula is C16H18N4O4. The topological polar surface area (TPSA) is 97.6 Å². The van der Waals surface area contributed by atoms with Crippen LogP contribution >= 0.6 is 0 Å². The number of benzene rings is 1. The highest BCUT2D eigenvalue weighted by Crippen LogP contribution is 2.18. The summed E-state index contributed by atoms with van der Waals surface area (Å²) in [5, 5.41) is 13.0. The second-order valence-corrected chi connectivity index (χ2v) is 5.68. The molecular weight excluding hydrogens is 312 g/mol. The molecule has 0 spiro atoms. The number of ether oxygens (including phenoxy) is 1. The van der Waals surface area contributed by atoms with Crippen molar-refractivity contribution in [3.05, 3.63) is 42.0 Å². The highest BCUT2D eigenvalue weighted by Gasteiger charge is 2.26. The zero-order valence-electron chi connectivity index (χ0n) is 13.3. The van der Waals surface area contributed by atoms with Crippen LogP contribution in [-0.4, -0.2) is 62.4 Å². The first-order chi connectivity index (χ1) is 11.5. The smallest absolute Gasteiger partial charge is 0.306 e. The van der Waals surface area contributed by atoms with Crippen LogP contribution in [0.2, 0.25) is 0 Å². The molecule has 0 radical (unpaired) electrons. The number of aryl methyl sites for hydroxylation is 1. The molecule has 1 fully saturated rings. The first kappa shape index (κ1) is 16.1. The number of carbonyl (C=O) groups is 2. The summed E-state index contributed by atoms with van der Waals surface area (Å²) < 4.78 is 7.04. The van der Waals surface area contributed by atoms with Crippen LogP contribution in [0.3, 0.4) is 0 Å². The van der Waals surface area contributed by atoms with Crippen molar-refractivity contribution >= 4 is 11.9 Å². The second kappa shape index (κ2) is 6.79. The summed E-state index contributed by atoms with van der Waals surface area (Å²) in [6.45, 7) is 2.99. The molecule has 1 saturated heterocycles. The molecule has 8 heteroatoms. The maximum absolute atomic E-state index is 12.7. The van der Waals surface area contributed by atoms with Gasteiger partial charge in [0.25, 0.3) is 5.91 Å². The molecule has 2 aromatic rings. The molecule has 1 amide bonds. The number of carboxylic acids is 1. The van der Waals surface area contributed by atoms with E-state index in [2.05, 4.69) is 10.1 Å². The number of hydrogen-bond acceptors (Lipinski definition) is 5. The van der Waals surface area contributed by atoms with Gasteiger partial charge in [-0.05, 0) is 30.7 Å². The molecule has 0 aliphatic carbocycles. The van der Waals surface area contributed by atoms with E-state index < -0.39 is 12.1 Å². The lowest BCUT2D eigenvalue weighted by atomic mass is 10.1. The first-order valence-corrected chi connectivity index (χ1v) is 7.63. The number of carbonyl (C=O) groups excluding carboxylic acids is 1. The third kappa shape index (κ3) is 3.43. The van der Waals surface area contributed by atoms with Crippen LogP contribution in [0.15, 0.2) is 30.9 Å². The Morgan fingerprint density at radius 1 is 1.42 bits per heavy atom. The number of aliphatic carboxylic acids is 1. The van der Waals surface area contributed by atoms with Gasteiger partial charge in [-0.25, -0.2) is 9.67 Å². The standard InChI is InChI=1S/C16H18N4O4/c1-11-6-12(2-3-14(11)20-10-17-9-18-20)16(23)19-4-5-24-13(8-19)7-15(21)22/h2-3,6,9-10,13H,4-5,7-8H2,1H3,(H,21,22). The summed E-state index contributed by atoms with van der Waals surface area (Å²) >= 11 is 0. The molecule has 0 saturated carbocycles. The van der Waals surface area contributed by atoms with E-state index in [-0.39, 0.29) is 18.9 Å². The van der Waals surface area contributed by atoms with Crippen LogP contribution < -0.4 is 0 Å². The van der Waals surface area contributed by atoms with Crippen molar-refractivity contribution in [3.63, 3.8) is 0 Å². The molecule has 1 N–H and O–H groups in total. The van der Waals surface area contributed by atoms with Gasteiger partial charge in [-0.2, -0.15) is 5.10 Å². The Balaban J connectivity index is 1.75. The predicted molar refractivity (Wildman–Crippen MR) is 84.0 cm³/mol. The zero-order chi connectivity index (χ0) is 17.1. The Hall–Kier alpha value is -2.74. The third-order valence-electron chi connectivity index (χ3n) is 3.94. The average Bonchev–Trinajstić information content (AvgIpc) is 3.08. The fraction of sp³-hybridized carbons (Fsp3) is 0.375. The monoisotopic (exact) mass is 330 g/mol. The lowest BCUT2D eigenvalue weighted by Gasteiger charge is -2.32. The number of rotatable bonds is 4. The average molecular weight is 330 g/mol. The van der Waals surface area contributed by atoms with Crippen molar-refractivity contribution in [1.82, 2.24) is 19.7 Å². The van der Waals surface area contributed by atoms with Crippen molar-refractivity contribution in [3.8, 4) is 5.69 Å². The van der Waals surface area contributed by atoms with Gasteiger partial charge in [-0.3, -0.25) is 9.59 Å². The Morgan fingerprint density at radius 2 is 2.25 bits per heavy atom. The van der Waals surface area contributed by atoms with Gasteiger partial charge in [-0.15, -0.1) is 0 Å². The number of carboxylic acid groups (broad SMARTS) is 1. The Bertz CT molecular complexity index is 745. The van der Waals surface area contributed by atoms with E-state index in [1.165, 1.54) is 6.33 Å². The number of hydrogen-bond donors (Lipinski definition) is 1. The van der Waals surface area contributed by atoms with Crippen LogP contribution in [0.4, 0.5) is 0 Å². The first-order valence-electron chi connectivity index (χ1n) is 7.63. The highest BCUT2D eigenvalue weighted by molar-refractivity contribution is 5.94. The van der Waals surface area contributed by atoms with E-state index in [1.54, 1.807) is 28.0 Å². The number of amides is 1. The number of nitrogens with zero attached hydrogens (tertiary/aromatic N) is 4. The van der Waals surface area contributed by atoms with Gasteiger partial charge in [0.1, 0.15) is 12.7 Å². The second-order valence-electron chi connectivity index (χ2n) is 5.68. The molecule has 1 aliphatic rings. The van der Waals surface area contributed by atoms with Crippen LogP contribution in [0.5, 0.6) is 0 Å². The molecule has 1 aromatic heterocycles. The minimum atomic E-state index is -0.928. The van der Waals surface area contributed by atoms with Crippen LogP contribution in [0.25, 0.3) is 5.69 Å². The fourth-order valence-electron chi connectivity index (χ4n) is 2.78. The van der Waals surface area contributed by atoms with E-state index in [0.29, 0.717) is 18.7 Å². The molecule has 8 nitrogen and oxygen atoms in total. The van der Waals surface area contributed by atoms with E-state index in [9.17, 15) is 9.59 Å². The third-order valence-corrected chi connectivity index (χ3v) is 3.94. The van der Waals surface area contributed by atoms with E-state index in [1.807, 2.05) is 13.0 Å². The molecule has 3 rings (SSSR count). The maximum atomic E-state index is 12.7. The summed E-state index contributed by atoms with van der Waals surface area (Å²) in [5.41, 5.74) is 2.32. The number of morpholine rings is 1. The van der Waals surface area contributed by atoms with Crippen molar-refractivity contribution in [2.45, 2.75) is 19.4 Å². The van der Waals surface area contributed by atoms with Crippen molar-refractivity contribution in [1.29, 1.82) is 0 Å². The van der Waals surface area contributed by atoms with Gasteiger partial charge in [-0.1, -0.05) is 0 Å². The van der Waals surface area contributed by atoms with Gasteiger partial charge in [0.15, 0.2) is 0 Å². The summed E-state index contributed by atoms with van der Waals surface area (Å²) in [6, 6.07) is 5.38. The van der Waals surface area contributed by atoms with Crippen LogP contribution in [0, 0.1) is 6.92 Å². The summed E-state index contributed by atoms with van der Waals surface area (Å²) in [4.78, 5) is 29.0. The van der Waals surface area contributed by atoms with Gasteiger partial charge in [0, 0.05) is 18.7 Å². The van der Waals surface area contributed by atoms with E-state index in [0.717, 1.165) is 11.3 Å². The van der Waals surface area contributed by atoms with Crippen LogP contribution in [0.1, 0.15) is 22.3 Å². The minimum Gasteiger partial charge on any atom is -0.481 e. The van der Waals surface area contributed by atoms with E-state index >= 15 is 0 Å². The fourth-order valence-corrected chi connectivity index (χ4v) is 2.78. The zero-order valence-corrected chi connectivity index (χ0v) is 13.3. The summed E-state index contributed by atoms with van der Waals surface area (Å²) in [6.07, 6.45) is 2.49. The molecule has 24 heavy (non-hydrogen) atoms. The molecule has 2 heterocycles. The Morgan fingerprint density at radius 3 is 2.92 bits per heavy atom.